The fraction of sp³-hybridized carbons (Fsp3) is 0.303. The zero-order valence-electron chi connectivity index (χ0n) is 23.2. The number of carbonyl (C=O) groups excluding carboxylic acids is 2. The summed E-state index contributed by atoms with van der Waals surface area (Å²) in [7, 11) is 0. The standard InChI is InChI=1S/C33H35FN2O4/c1-23(2)15-16-35(31(37)18-25-10-12-28(34)13-11-25)21-32(38)36(19-26-7-5-4-6-8-26)20-27-22-40-30-14-9-24(3)17-29(30)33(27)39/h4-14,17,22-23H,15-16,18-21H2,1-3H3. The van der Waals surface area contributed by atoms with E-state index in [-0.39, 0.29) is 49.1 Å². The summed E-state index contributed by atoms with van der Waals surface area (Å²) in [6.45, 7) is 6.64. The van der Waals surface area contributed by atoms with Crippen molar-refractivity contribution in [2.24, 2.45) is 5.92 Å². The molecule has 2 amide bonds. The Hall–Kier alpha value is -4.26. The molecule has 3 aromatic carbocycles. The Morgan fingerprint density at radius 2 is 1.60 bits per heavy atom. The molecule has 1 heterocycles. The first kappa shape index (κ1) is 28.7. The second-order valence-corrected chi connectivity index (χ2v) is 10.6. The number of rotatable bonds is 11. The summed E-state index contributed by atoms with van der Waals surface area (Å²) >= 11 is 0. The van der Waals surface area contributed by atoms with Crippen LogP contribution in [0.1, 0.15) is 42.5 Å². The van der Waals surface area contributed by atoms with Gasteiger partial charge in [0.05, 0.1) is 36.7 Å². The molecule has 6 nitrogen and oxygen atoms in total. The molecule has 0 spiro atoms. The number of carbonyl (C=O) groups is 2. The van der Waals surface area contributed by atoms with Crippen LogP contribution in [-0.2, 0) is 29.1 Å². The normalized spacial score (nSPS) is 11.1. The maximum Gasteiger partial charge on any atom is 0.242 e. The third-order valence-electron chi connectivity index (χ3n) is 6.85. The zero-order chi connectivity index (χ0) is 28.6. The molecule has 0 aliphatic carbocycles. The van der Waals surface area contributed by atoms with Crippen LogP contribution in [0.15, 0.2) is 88.3 Å². The predicted octanol–water partition coefficient (Wildman–Crippen LogP) is 5.89. The van der Waals surface area contributed by atoms with Crippen LogP contribution in [0.25, 0.3) is 11.0 Å². The van der Waals surface area contributed by atoms with Crippen LogP contribution in [0.5, 0.6) is 0 Å². The smallest absolute Gasteiger partial charge is 0.242 e. The highest BCUT2D eigenvalue weighted by Gasteiger charge is 2.23. The van der Waals surface area contributed by atoms with Crippen LogP contribution >= 0.6 is 0 Å². The molecule has 40 heavy (non-hydrogen) atoms. The van der Waals surface area contributed by atoms with Gasteiger partial charge in [0.15, 0.2) is 5.43 Å². The molecule has 7 heteroatoms. The number of nitrogens with zero attached hydrogens (tertiary/aromatic N) is 2. The zero-order valence-corrected chi connectivity index (χ0v) is 23.2. The van der Waals surface area contributed by atoms with Gasteiger partial charge in [0.1, 0.15) is 11.4 Å². The lowest BCUT2D eigenvalue weighted by Gasteiger charge is -2.28. The average molecular weight is 543 g/mol. The van der Waals surface area contributed by atoms with Crippen LogP contribution in [0.3, 0.4) is 0 Å². The molecule has 0 aliphatic heterocycles. The fourth-order valence-corrected chi connectivity index (χ4v) is 4.49. The minimum atomic E-state index is -0.368. The van der Waals surface area contributed by atoms with E-state index in [0.29, 0.717) is 34.6 Å². The molecule has 1 aromatic heterocycles. The molecule has 0 saturated carbocycles. The maximum atomic E-state index is 13.8. The quantitative estimate of drug-likeness (QED) is 0.237. The lowest BCUT2D eigenvalue weighted by molar-refractivity contribution is -0.141. The summed E-state index contributed by atoms with van der Waals surface area (Å²) in [6.07, 6.45) is 2.22. The van der Waals surface area contributed by atoms with Crippen LogP contribution < -0.4 is 5.43 Å². The van der Waals surface area contributed by atoms with E-state index in [1.807, 2.05) is 43.3 Å². The second-order valence-electron chi connectivity index (χ2n) is 10.6. The third-order valence-corrected chi connectivity index (χ3v) is 6.85. The van der Waals surface area contributed by atoms with Gasteiger partial charge in [-0.15, -0.1) is 0 Å². The fourth-order valence-electron chi connectivity index (χ4n) is 4.49. The number of halogens is 1. The number of hydrogen-bond acceptors (Lipinski definition) is 4. The number of amides is 2. The van der Waals surface area contributed by atoms with E-state index in [1.165, 1.54) is 18.4 Å². The molecular formula is C33H35FN2O4. The van der Waals surface area contributed by atoms with E-state index in [4.69, 9.17) is 4.42 Å². The Labute approximate surface area is 234 Å². The second kappa shape index (κ2) is 13.2. The van der Waals surface area contributed by atoms with Gasteiger partial charge in [-0.1, -0.05) is 67.9 Å². The summed E-state index contributed by atoms with van der Waals surface area (Å²) in [5.41, 5.74) is 3.21. The van der Waals surface area contributed by atoms with Crippen molar-refractivity contribution in [2.45, 2.75) is 46.7 Å². The molecule has 0 bridgehead atoms. The topological polar surface area (TPSA) is 70.8 Å². The molecule has 208 valence electrons. The molecule has 4 aromatic rings. The van der Waals surface area contributed by atoms with Crippen molar-refractivity contribution in [3.8, 4) is 0 Å². The summed E-state index contributed by atoms with van der Waals surface area (Å²) in [5, 5.41) is 0.470. The SMILES string of the molecule is Cc1ccc2occ(CN(Cc3ccccc3)C(=O)CN(CCC(C)C)C(=O)Cc3ccc(F)cc3)c(=O)c2c1. The molecule has 0 unspecified atom stereocenters. The Kier molecular flexibility index (Phi) is 9.48. The average Bonchev–Trinajstić information content (AvgIpc) is 2.94. The van der Waals surface area contributed by atoms with Crippen molar-refractivity contribution in [1.29, 1.82) is 0 Å². The van der Waals surface area contributed by atoms with Gasteiger partial charge in [0, 0.05) is 13.1 Å². The van der Waals surface area contributed by atoms with Gasteiger partial charge >= 0.3 is 0 Å². The highest BCUT2D eigenvalue weighted by Crippen LogP contribution is 2.16. The largest absolute Gasteiger partial charge is 0.464 e. The number of benzene rings is 3. The highest BCUT2D eigenvalue weighted by molar-refractivity contribution is 5.86. The first-order chi connectivity index (χ1) is 19.2. The van der Waals surface area contributed by atoms with Gasteiger partial charge in [-0.2, -0.15) is 0 Å². The monoisotopic (exact) mass is 542 g/mol. The minimum absolute atomic E-state index is 0.0458. The highest BCUT2D eigenvalue weighted by atomic mass is 19.1. The van der Waals surface area contributed by atoms with E-state index in [1.54, 1.807) is 34.1 Å². The number of fused-ring (bicyclic) bond motifs is 1. The Morgan fingerprint density at radius 1 is 0.875 bits per heavy atom. The van der Waals surface area contributed by atoms with Gasteiger partial charge in [0.2, 0.25) is 11.8 Å². The Morgan fingerprint density at radius 3 is 2.30 bits per heavy atom. The van der Waals surface area contributed by atoms with Crippen molar-refractivity contribution in [2.75, 3.05) is 13.1 Å². The molecule has 0 fully saturated rings. The lowest BCUT2D eigenvalue weighted by atomic mass is 10.1. The van der Waals surface area contributed by atoms with E-state index in [0.717, 1.165) is 17.5 Å². The first-order valence-electron chi connectivity index (χ1n) is 13.5. The number of aryl methyl sites for hydroxylation is 1. The van der Waals surface area contributed by atoms with Crippen LogP contribution in [0.2, 0.25) is 0 Å². The van der Waals surface area contributed by atoms with Crippen molar-refractivity contribution in [3.63, 3.8) is 0 Å². The summed E-state index contributed by atoms with van der Waals surface area (Å²) < 4.78 is 19.1. The first-order valence-corrected chi connectivity index (χ1v) is 13.5. The molecule has 0 aliphatic rings. The van der Waals surface area contributed by atoms with Crippen molar-refractivity contribution >= 4 is 22.8 Å². The molecule has 0 N–H and O–H groups in total. The van der Waals surface area contributed by atoms with Crippen LogP contribution in [-0.4, -0.2) is 34.7 Å². The van der Waals surface area contributed by atoms with E-state index in [2.05, 4.69) is 13.8 Å². The van der Waals surface area contributed by atoms with E-state index in [9.17, 15) is 18.8 Å². The predicted molar refractivity (Wildman–Crippen MR) is 154 cm³/mol. The maximum absolute atomic E-state index is 13.8. The summed E-state index contributed by atoms with van der Waals surface area (Å²) in [5.74, 6) is -0.514. The Balaban J connectivity index is 1.60. The minimum Gasteiger partial charge on any atom is -0.464 e. The van der Waals surface area contributed by atoms with Crippen molar-refractivity contribution in [3.05, 3.63) is 117 Å². The van der Waals surface area contributed by atoms with E-state index < -0.39 is 0 Å². The summed E-state index contributed by atoms with van der Waals surface area (Å²) in [6, 6.07) is 20.8. The molecule has 0 saturated heterocycles. The van der Waals surface area contributed by atoms with E-state index >= 15 is 0 Å². The molecule has 0 radical (unpaired) electrons. The van der Waals surface area contributed by atoms with Crippen LogP contribution in [0.4, 0.5) is 4.39 Å². The summed E-state index contributed by atoms with van der Waals surface area (Å²) in [4.78, 5) is 43.6. The Bertz CT molecular complexity index is 1510. The number of hydrogen-bond donors (Lipinski definition) is 0. The van der Waals surface area contributed by atoms with Gasteiger partial charge < -0.3 is 14.2 Å². The molecular weight excluding hydrogens is 507 g/mol. The van der Waals surface area contributed by atoms with Gasteiger partial charge in [-0.25, -0.2) is 4.39 Å². The van der Waals surface area contributed by atoms with Gasteiger partial charge in [-0.05, 0) is 54.7 Å². The van der Waals surface area contributed by atoms with Crippen molar-refractivity contribution < 1.29 is 18.4 Å². The third kappa shape index (κ3) is 7.65. The van der Waals surface area contributed by atoms with Gasteiger partial charge in [0.25, 0.3) is 0 Å². The molecule has 0 atom stereocenters. The van der Waals surface area contributed by atoms with Crippen molar-refractivity contribution in [1.82, 2.24) is 9.80 Å². The molecule has 4 rings (SSSR count). The van der Waals surface area contributed by atoms with Crippen LogP contribution in [0, 0.1) is 18.7 Å². The van der Waals surface area contributed by atoms with Gasteiger partial charge in [-0.3, -0.25) is 14.4 Å². The lowest BCUT2D eigenvalue weighted by Crippen LogP contribution is -2.44.